The van der Waals surface area contributed by atoms with E-state index in [1.54, 1.807) is 6.07 Å². The molecule has 5 nitrogen and oxygen atoms in total. The first kappa shape index (κ1) is 10.9. The lowest BCUT2D eigenvalue weighted by atomic mass is 10.1. The van der Waals surface area contributed by atoms with Crippen molar-refractivity contribution in [2.24, 2.45) is 16.5 Å². The molecule has 86 valence electrons. The van der Waals surface area contributed by atoms with Gasteiger partial charge < -0.3 is 16.8 Å². The van der Waals surface area contributed by atoms with E-state index in [1.165, 1.54) is 0 Å². The van der Waals surface area contributed by atoms with Crippen molar-refractivity contribution in [2.75, 3.05) is 5.32 Å². The standard InChI is InChI=1S/C12H12N4O/c13-11(14)16-12(17)15-10-6-5-8-3-1-2-4-9(8)7-10/h1-7H,(H5,13,14,15,16,17). The third-order valence-electron chi connectivity index (χ3n) is 2.23. The van der Waals surface area contributed by atoms with Crippen LogP contribution >= 0.6 is 0 Å². The van der Waals surface area contributed by atoms with Gasteiger partial charge in [0.05, 0.1) is 0 Å². The molecule has 0 radical (unpaired) electrons. The van der Waals surface area contributed by atoms with Gasteiger partial charge in [-0.1, -0.05) is 30.3 Å². The Morgan fingerprint density at radius 3 is 2.47 bits per heavy atom. The second-order valence-electron chi connectivity index (χ2n) is 3.53. The van der Waals surface area contributed by atoms with Crippen LogP contribution in [0.4, 0.5) is 10.5 Å². The van der Waals surface area contributed by atoms with Gasteiger partial charge in [-0.3, -0.25) is 0 Å². The van der Waals surface area contributed by atoms with Crippen LogP contribution in [0, 0.1) is 0 Å². The molecular weight excluding hydrogens is 216 g/mol. The smallest absolute Gasteiger partial charge is 0.348 e. The molecule has 2 rings (SSSR count). The van der Waals surface area contributed by atoms with Crippen LogP contribution in [0.3, 0.4) is 0 Å². The van der Waals surface area contributed by atoms with E-state index in [1.807, 2.05) is 36.4 Å². The van der Waals surface area contributed by atoms with Crippen LogP contribution in [-0.4, -0.2) is 12.0 Å². The second kappa shape index (κ2) is 4.52. The SMILES string of the molecule is NC(N)=NC(=O)Nc1ccc2ccccc2c1. The van der Waals surface area contributed by atoms with Crippen LogP contribution in [0.5, 0.6) is 0 Å². The third-order valence-corrected chi connectivity index (χ3v) is 2.23. The van der Waals surface area contributed by atoms with Crippen molar-refractivity contribution in [1.29, 1.82) is 0 Å². The molecule has 5 N–H and O–H groups in total. The Kier molecular flexibility index (Phi) is 2.91. The molecule has 0 unspecified atom stereocenters. The fourth-order valence-electron chi connectivity index (χ4n) is 1.54. The van der Waals surface area contributed by atoms with E-state index in [0.717, 1.165) is 10.8 Å². The zero-order valence-electron chi connectivity index (χ0n) is 9.05. The van der Waals surface area contributed by atoms with E-state index >= 15 is 0 Å². The molecule has 0 aliphatic heterocycles. The highest BCUT2D eigenvalue weighted by Gasteiger charge is 2.01. The molecule has 0 spiro atoms. The van der Waals surface area contributed by atoms with Crippen molar-refractivity contribution in [3.8, 4) is 0 Å². The highest BCUT2D eigenvalue weighted by Crippen LogP contribution is 2.18. The molecule has 0 aromatic heterocycles. The molecule has 2 aromatic rings. The van der Waals surface area contributed by atoms with E-state index < -0.39 is 6.03 Å². The van der Waals surface area contributed by atoms with Crippen LogP contribution in [-0.2, 0) is 0 Å². The van der Waals surface area contributed by atoms with Crippen molar-refractivity contribution in [2.45, 2.75) is 0 Å². The summed E-state index contributed by atoms with van der Waals surface area (Å²) in [6.07, 6.45) is 0. The highest BCUT2D eigenvalue weighted by molar-refractivity contribution is 5.99. The van der Waals surface area contributed by atoms with E-state index in [4.69, 9.17) is 11.5 Å². The first-order valence-electron chi connectivity index (χ1n) is 5.04. The van der Waals surface area contributed by atoms with Crippen molar-refractivity contribution < 1.29 is 4.79 Å². The maximum atomic E-state index is 11.3. The largest absolute Gasteiger partial charge is 0.370 e. The van der Waals surface area contributed by atoms with E-state index in [2.05, 4.69) is 10.3 Å². The van der Waals surface area contributed by atoms with E-state index in [0.29, 0.717) is 5.69 Å². The number of nitrogens with one attached hydrogen (secondary N) is 1. The van der Waals surface area contributed by atoms with Gasteiger partial charge in [-0.25, -0.2) is 4.79 Å². The van der Waals surface area contributed by atoms with Crippen molar-refractivity contribution in [1.82, 2.24) is 0 Å². The van der Waals surface area contributed by atoms with E-state index in [-0.39, 0.29) is 5.96 Å². The van der Waals surface area contributed by atoms with Gasteiger partial charge in [0.1, 0.15) is 0 Å². The summed E-state index contributed by atoms with van der Waals surface area (Å²) in [4.78, 5) is 14.7. The summed E-state index contributed by atoms with van der Waals surface area (Å²) < 4.78 is 0. The Morgan fingerprint density at radius 2 is 1.76 bits per heavy atom. The predicted molar refractivity (Wildman–Crippen MR) is 68.8 cm³/mol. The van der Waals surface area contributed by atoms with Crippen LogP contribution in [0.15, 0.2) is 47.5 Å². The number of fused-ring (bicyclic) bond motifs is 1. The number of aliphatic imine (C=N–C) groups is 1. The van der Waals surface area contributed by atoms with Gasteiger partial charge in [0.15, 0.2) is 5.96 Å². The number of nitrogens with zero attached hydrogens (tertiary/aromatic N) is 1. The van der Waals surface area contributed by atoms with Crippen LogP contribution in [0.25, 0.3) is 10.8 Å². The maximum absolute atomic E-state index is 11.3. The average molecular weight is 228 g/mol. The molecule has 0 heterocycles. The fraction of sp³-hybridized carbons (Fsp3) is 0. The minimum Gasteiger partial charge on any atom is -0.370 e. The van der Waals surface area contributed by atoms with Gasteiger partial charge in [-0.2, -0.15) is 4.99 Å². The number of amides is 2. The van der Waals surface area contributed by atoms with Gasteiger partial charge in [-0.05, 0) is 22.9 Å². The summed E-state index contributed by atoms with van der Waals surface area (Å²) in [5.74, 6) is -0.261. The van der Waals surface area contributed by atoms with Crippen molar-refractivity contribution in [3.63, 3.8) is 0 Å². The van der Waals surface area contributed by atoms with Gasteiger partial charge in [0.2, 0.25) is 0 Å². The Hall–Kier alpha value is -2.56. The molecule has 0 saturated heterocycles. The molecular formula is C12H12N4O. The van der Waals surface area contributed by atoms with Crippen molar-refractivity contribution >= 4 is 28.5 Å². The molecule has 0 saturated carbocycles. The number of hydrogen-bond acceptors (Lipinski definition) is 1. The van der Waals surface area contributed by atoms with Gasteiger partial charge in [0.25, 0.3) is 0 Å². The number of urea groups is 1. The topological polar surface area (TPSA) is 93.5 Å². The monoisotopic (exact) mass is 228 g/mol. The molecule has 0 atom stereocenters. The summed E-state index contributed by atoms with van der Waals surface area (Å²) in [5.41, 5.74) is 10.9. The Bertz CT molecular complexity index is 588. The van der Waals surface area contributed by atoms with Crippen molar-refractivity contribution in [3.05, 3.63) is 42.5 Å². The number of guanidine groups is 1. The Balaban J connectivity index is 2.25. The van der Waals surface area contributed by atoms with Gasteiger partial charge in [-0.15, -0.1) is 0 Å². The number of carbonyl (C=O) groups excluding carboxylic acids is 1. The van der Waals surface area contributed by atoms with Crippen LogP contribution in [0.1, 0.15) is 0 Å². The molecule has 2 aromatic carbocycles. The van der Waals surface area contributed by atoms with Crippen LogP contribution in [0.2, 0.25) is 0 Å². The summed E-state index contributed by atoms with van der Waals surface area (Å²) in [6.45, 7) is 0. The maximum Gasteiger partial charge on any atom is 0.348 e. The lowest BCUT2D eigenvalue weighted by Crippen LogP contribution is -2.25. The zero-order chi connectivity index (χ0) is 12.3. The number of hydrogen-bond donors (Lipinski definition) is 3. The number of nitrogens with two attached hydrogens (primary N) is 2. The van der Waals surface area contributed by atoms with Crippen LogP contribution < -0.4 is 16.8 Å². The first-order chi connectivity index (χ1) is 8.15. The molecule has 17 heavy (non-hydrogen) atoms. The molecule has 0 bridgehead atoms. The molecule has 0 aliphatic rings. The summed E-state index contributed by atoms with van der Waals surface area (Å²) in [5, 5.41) is 4.72. The minimum atomic E-state index is -0.583. The minimum absolute atomic E-state index is 0.261. The second-order valence-corrected chi connectivity index (χ2v) is 3.53. The number of anilines is 1. The normalized spacial score (nSPS) is 9.88. The number of carbonyl (C=O) groups is 1. The quantitative estimate of drug-likeness (QED) is 0.511. The third kappa shape index (κ3) is 2.72. The lowest BCUT2D eigenvalue weighted by Gasteiger charge is -2.03. The molecule has 2 amide bonds. The van der Waals surface area contributed by atoms with E-state index in [9.17, 15) is 4.79 Å². The number of benzene rings is 2. The lowest BCUT2D eigenvalue weighted by molar-refractivity contribution is 0.259. The number of rotatable bonds is 1. The Morgan fingerprint density at radius 1 is 1.06 bits per heavy atom. The summed E-state index contributed by atoms with van der Waals surface area (Å²) in [7, 11) is 0. The zero-order valence-corrected chi connectivity index (χ0v) is 9.05. The first-order valence-corrected chi connectivity index (χ1v) is 5.04. The molecule has 0 aliphatic carbocycles. The van der Waals surface area contributed by atoms with Gasteiger partial charge >= 0.3 is 6.03 Å². The Labute approximate surface area is 98.1 Å². The predicted octanol–water partition coefficient (Wildman–Crippen LogP) is 1.65. The fourth-order valence-corrected chi connectivity index (χ4v) is 1.54. The summed E-state index contributed by atoms with van der Waals surface area (Å²) in [6, 6.07) is 12.8. The average Bonchev–Trinajstić information content (AvgIpc) is 2.27. The highest BCUT2D eigenvalue weighted by atomic mass is 16.2. The van der Waals surface area contributed by atoms with Gasteiger partial charge in [0, 0.05) is 5.69 Å². The molecule has 5 heteroatoms. The summed E-state index contributed by atoms with van der Waals surface area (Å²) >= 11 is 0. The molecule has 0 fully saturated rings.